The van der Waals surface area contributed by atoms with E-state index in [0.29, 0.717) is 10.0 Å². The summed E-state index contributed by atoms with van der Waals surface area (Å²) in [5, 5.41) is 10.9. The van der Waals surface area contributed by atoms with Gasteiger partial charge in [0.1, 0.15) is 0 Å². The molecule has 1 heterocycles. The van der Waals surface area contributed by atoms with Crippen LogP contribution in [0.3, 0.4) is 0 Å². The van der Waals surface area contributed by atoms with Gasteiger partial charge in [-0.2, -0.15) is 0 Å². The molecule has 0 aromatic heterocycles. The third-order valence-corrected chi connectivity index (χ3v) is 11.1. The highest BCUT2D eigenvalue weighted by Gasteiger charge is 2.55. The van der Waals surface area contributed by atoms with E-state index in [2.05, 4.69) is 0 Å². The number of hydrogen-bond acceptors (Lipinski definition) is 4. The second kappa shape index (κ2) is 10.5. The van der Waals surface area contributed by atoms with Crippen LogP contribution >= 0.6 is 23.2 Å². The molecule has 1 aliphatic carbocycles. The van der Waals surface area contributed by atoms with Crippen molar-refractivity contribution in [2.45, 2.75) is 76.1 Å². The molecular weight excluding hydrogens is 545 g/mol. The zero-order valence-corrected chi connectivity index (χ0v) is 24.5. The van der Waals surface area contributed by atoms with Gasteiger partial charge in [-0.05, 0) is 81.3 Å². The zero-order valence-electron chi connectivity index (χ0n) is 22.2. The van der Waals surface area contributed by atoms with E-state index in [-0.39, 0.29) is 36.3 Å². The molecule has 4 rings (SSSR count). The van der Waals surface area contributed by atoms with E-state index < -0.39 is 38.1 Å². The molecule has 2 aromatic carbocycles. The zero-order chi connectivity index (χ0) is 28.0. The number of carboxylic acids is 1. The summed E-state index contributed by atoms with van der Waals surface area (Å²) >= 11 is 12.6. The maximum absolute atomic E-state index is 14.4. The molecule has 9 heteroatoms. The predicted octanol–water partition coefficient (Wildman–Crippen LogP) is 6.52. The maximum Gasteiger partial charge on any atom is 0.304 e. The number of benzene rings is 2. The molecule has 2 aliphatic rings. The van der Waals surface area contributed by atoms with Crippen molar-refractivity contribution in [2.24, 2.45) is 11.3 Å². The van der Waals surface area contributed by atoms with E-state index in [0.717, 1.165) is 24.0 Å². The molecule has 1 aliphatic heterocycles. The Bertz CT molecular complexity index is 1320. The van der Waals surface area contributed by atoms with Crippen molar-refractivity contribution in [1.82, 2.24) is 4.90 Å². The van der Waals surface area contributed by atoms with Crippen LogP contribution in [-0.4, -0.2) is 46.8 Å². The van der Waals surface area contributed by atoms with Crippen LogP contribution in [0.4, 0.5) is 0 Å². The van der Waals surface area contributed by atoms with E-state index in [1.165, 1.54) is 0 Å². The number of aliphatic carboxylic acids is 1. The third kappa shape index (κ3) is 5.90. The summed E-state index contributed by atoms with van der Waals surface area (Å²) in [4.78, 5) is 28.1. The molecule has 38 heavy (non-hydrogen) atoms. The van der Waals surface area contributed by atoms with Gasteiger partial charge in [0.15, 0.2) is 9.84 Å². The van der Waals surface area contributed by atoms with Gasteiger partial charge in [-0.25, -0.2) is 8.42 Å². The molecule has 0 radical (unpaired) electrons. The fourth-order valence-corrected chi connectivity index (χ4v) is 7.35. The van der Waals surface area contributed by atoms with Crippen LogP contribution in [0, 0.1) is 11.3 Å². The van der Waals surface area contributed by atoms with Gasteiger partial charge in [0.05, 0.1) is 28.4 Å². The summed E-state index contributed by atoms with van der Waals surface area (Å²) < 4.78 is 26.0. The Hall–Kier alpha value is -2.09. The number of halogens is 2. The number of likely N-dealkylation sites (tertiary alicyclic amines) is 1. The van der Waals surface area contributed by atoms with Crippen LogP contribution < -0.4 is 0 Å². The highest BCUT2D eigenvalue weighted by Crippen LogP contribution is 2.54. The van der Waals surface area contributed by atoms with Crippen molar-refractivity contribution in [1.29, 1.82) is 0 Å². The lowest BCUT2D eigenvalue weighted by Crippen LogP contribution is -2.58. The van der Waals surface area contributed by atoms with Gasteiger partial charge >= 0.3 is 5.97 Å². The van der Waals surface area contributed by atoms with E-state index >= 15 is 0 Å². The fourth-order valence-electron chi connectivity index (χ4n) is 5.64. The molecule has 0 spiro atoms. The number of carbonyl (C=O) groups excluding carboxylic acids is 1. The Morgan fingerprint density at radius 2 is 1.71 bits per heavy atom. The molecular formula is C29H35Cl2NO5S. The molecule has 1 N–H and O–H groups in total. The number of carboxylic acid groups (broad SMARTS) is 1. The predicted molar refractivity (Wildman–Crippen MR) is 150 cm³/mol. The van der Waals surface area contributed by atoms with Crippen LogP contribution in [0.2, 0.25) is 10.0 Å². The van der Waals surface area contributed by atoms with Gasteiger partial charge in [0.2, 0.25) is 5.91 Å². The molecule has 2 aromatic rings. The SMILES string of the molecule is CC1(CC(=O)O)CC(c2cccc(Cl)c2)C(c2ccc(Cl)cc2)N(C(CS(=O)(=O)C(C)(C)C)C2CC2)C1=O. The first-order chi connectivity index (χ1) is 17.6. The summed E-state index contributed by atoms with van der Waals surface area (Å²) in [6.45, 7) is 6.70. The summed E-state index contributed by atoms with van der Waals surface area (Å²) in [5.74, 6) is -1.85. The largest absolute Gasteiger partial charge is 0.481 e. The minimum absolute atomic E-state index is 0.0260. The molecule has 4 atom stereocenters. The van der Waals surface area contributed by atoms with Crippen LogP contribution in [0.25, 0.3) is 0 Å². The van der Waals surface area contributed by atoms with Gasteiger partial charge in [0, 0.05) is 22.0 Å². The number of sulfone groups is 1. The van der Waals surface area contributed by atoms with E-state index in [1.54, 1.807) is 50.8 Å². The molecule has 1 saturated carbocycles. The Labute approximate surface area is 235 Å². The molecule has 0 bridgehead atoms. The van der Waals surface area contributed by atoms with Crippen LogP contribution in [-0.2, 0) is 19.4 Å². The van der Waals surface area contributed by atoms with Crippen molar-refractivity contribution in [3.8, 4) is 0 Å². The average Bonchev–Trinajstić information content (AvgIpc) is 3.64. The van der Waals surface area contributed by atoms with Gasteiger partial charge in [-0.1, -0.05) is 54.4 Å². The summed E-state index contributed by atoms with van der Waals surface area (Å²) in [6.07, 6.45) is 1.57. The van der Waals surface area contributed by atoms with Crippen molar-refractivity contribution < 1.29 is 23.1 Å². The van der Waals surface area contributed by atoms with E-state index in [4.69, 9.17) is 23.2 Å². The molecule has 1 saturated heterocycles. The summed E-state index contributed by atoms with van der Waals surface area (Å²) in [7, 11) is -3.59. The minimum atomic E-state index is -3.59. The van der Waals surface area contributed by atoms with Crippen molar-refractivity contribution in [3.63, 3.8) is 0 Å². The molecule has 6 nitrogen and oxygen atoms in total. The van der Waals surface area contributed by atoms with Gasteiger partial charge in [0.25, 0.3) is 0 Å². The number of carbonyl (C=O) groups is 2. The van der Waals surface area contributed by atoms with Gasteiger partial charge in [-0.15, -0.1) is 0 Å². The Kier molecular flexibility index (Phi) is 7.97. The van der Waals surface area contributed by atoms with Crippen molar-refractivity contribution in [2.75, 3.05) is 5.75 Å². The monoisotopic (exact) mass is 579 g/mol. The van der Waals surface area contributed by atoms with Crippen molar-refractivity contribution >= 4 is 44.9 Å². The topological polar surface area (TPSA) is 91.8 Å². The second-order valence-electron chi connectivity index (χ2n) is 12.0. The number of nitrogens with zero attached hydrogens (tertiary/aromatic N) is 1. The number of piperidine rings is 1. The molecule has 2 fully saturated rings. The van der Waals surface area contributed by atoms with E-state index in [9.17, 15) is 23.1 Å². The molecule has 206 valence electrons. The highest BCUT2D eigenvalue weighted by molar-refractivity contribution is 7.92. The van der Waals surface area contributed by atoms with Crippen LogP contribution in [0.5, 0.6) is 0 Å². The van der Waals surface area contributed by atoms with Gasteiger partial charge < -0.3 is 10.0 Å². The number of rotatable bonds is 8. The molecule has 4 unspecified atom stereocenters. The maximum atomic E-state index is 14.4. The standard InChI is InChI=1S/C29H35Cl2NO5S/c1-28(2,3)38(36,37)17-24(18-8-9-18)32-26(19-10-12-21(30)13-11-19)23(20-6-5-7-22(31)14-20)15-29(4,27(32)35)16-25(33)34/h5-7,10-14,18,23-24,26H,8-9,15-17H2,1-4H3,(H,33,34). The molecule has 1 amide bonds. The Balaban J connectivity index is 1.94. The summed E-state index contributed by atoms with van der Waals surface area (Å²) in [6, 6.07) is 13.6. The van der Waals surface area contributed by atoms with Crippen molar-refractivity contribution in [3.05, 3.63) is 69.7 Å². The first-order valence-electron chi connectivity index (χ1n) is 12.9. The van der Waals surface area contributed by atoms with Gasteiger partial charge in [-0.3, -0.25) is 9.59 Å². The Morgan fingerprint density at radius 1 is 1.08 bits per heavy atom. The highest BCUT2D eigenvalue weighted by atomic mass is 35.5. The quantitative estimate of drug-likeness (QED) is 0.384. The average molecular weight is 581 g/mol. The lowest BCUT2D eigenvalue weighted by atomic mass is 9.67. The normalized spacial score (nSPS) is 25.3. The smallest absolute Gasteiger partial charge is 0.304 e. The second-order valence-corrected chi connectivity index (χ2v) is 15.7. The lowest BCUT2D eigenvalue weighted by molar-refractivity contribution is -0.160. The van der Waals surface area contributed by atoms with Crippen LogP contribution in [0.15, 0.2) is 48.5 Å². The number of hydrogen-bond donors (Lipinski definition) is 1. The Morgan fingerprint density at radius 3 is 2.24 bits per heavy atom. The third-order valence-electron chi connectivity index (χ3n) is 7.98. The first-order valence-corrected chi connectivity index (χ1v) is 15.3. The first kappa shape index (κ1) is 28.9. The lowest BCUT2D eigenvalue weighted by Gasteiger charge is -2.52. The van der Waals surface area contributed by atoms with E-state index in [1.807, 2.05) is 30.3 Å². The fraction of sp³-hybridized carbons (Fsp3) is 0.517. The van der Waals surface area contributed by atoms with Crippen LogP contribution in [0.1, 0.15) is 76.5 Å². The summed E-state index contributed by atoms with van der Waals surface area (Å²) in [5.41, 5.74) is 0.476. The minimum Gasteiger partial charge on any atom is -0.481 e. The number of amides is 1.